The Balaban J connectivity index is 1.46. The molecular weight excluding hydrogens is 530 g/mol. The SMILES string of the molecule is C[C@H](N(Cc1ccc2c(c1)nc(N)n2C1CCC(NC(=O)OC(C)(C)C)CC1)C(=O)OCc1ccccc1)C(C)(C)C. The van der Waals surface area contributed by atoms with Crippen LogP contribution in [0.1, 0.15) is 91.3 Å². The number of benzene rings is 2. The average Bonchev–Trinajstić information content (AvgIpc) is 3.24. The summed E-state index contributed by atoms with van der Waals surface area (Å²) in [4.78, 5) is 32.0. The Morgan fingerprint density at radius 1 is 1.02 bits per heavy atom. The average molecular weight is 578 g/mol. The van der Waals surface area contributed by atoms with Crippen LogP contribution in [0.4, 0.5) is 15.5 Å². The molecule has 1 heterocycles. The lowest BCUT2D eigenvalue weighted by Crippen LogP contribution is -2.45. The Kier molecular flexibility index (Phi) is 9.38. The van der Waals surface area contributed by atoms with Crippen LogP contribution in [0.3, 0.4) is 0 Å². The first-order chi connectivity index (χ1) is 19.7. The molecule has 0 spiro atoms. The summed E-state index contributed by atoms with van der Waals surface area (Å²) in [6.07, 6.45) is 2.72. The monoisotopic (exact) mass is 577 g/mol. The van der Waals surface area contributed by atoms with Crippen LogP contribution in [0.2, 0.25) is 0 Å². The molecule has 42 heavy (non-hydrogen) atoms. The number of hydrogen-bond donors (Lipinski definition) is 2. The van der Waals surface area contributed by atoms with Gasteiger partial charge in [-0.15, -0.1) is 0 Å². The summed E-state index contributed by atoms with van der Waals surface area (Å²) in [7, 11) is 0. The number of ether oxygens (including phenoxy) is 2. The van der Waals surface area contributed by atoms with Crippen molar-refractivity contribution in [3.8, 4) is 0 Å². The molecule has 0 unspecified atom stereocenters. The third-order valence-electron chi connectivity index (χ3n) is 8.08. The van der Waals surface area contributed by atoms with Crippen LogP contribution < -0.4 is 11.1 Å². The highest BCUT2D eigenvalue weighted by atomic mass is 16.6. The van der Waals surface area contributed by atoms with Gasteiger partial charge in [0.05, 0.1) is 11.0 Å². The maximum Gasteiger partial charge on any atom is 0.410 e. The lowest BCUT2D eigenvalue weighted by atomic mass is 9.87. The number of alkyl carbamates (subject to hydrolysis) is 1. The molecule has 3 N–H and O–H groups in total. The van der Waals surface area contributed by atoms with Crippen LogP contribution in [0.15, 0.2) is 48.5 Å². The van der Waals surface area contributed by atoms with Gasteiger partial charge in [-0.2, -0.15) is 0 Å². The highest BCUT2D eigenvalue weighted by molar-refractivity contribution is 5.79. The molecule has 0 bridgehead atoms. The molecule has 9 heteroatoms. The second kappa shape index (κ2) is 12.6. The predicted molar refractivity (Wildman–Crippen MR) is 166 cm³/mol. The zero-order valence-corrected chi connectivity index (χ0v) is 26.1. The summed E-state index contributed by atoms with van der Waals surface area (Å²) >= 11 is 0. The maximum atomic E-state index is 13.3. The highest BCUT2D eigenvalue weighted by Crippen LogP contribution is 2.34. The van der Waals surface area contributed by atoms with Gasteiger partial charge < -0.3 is 30.0 Å². The number of nitrogens with one attached hydrogen (secondary N) is 1. The second-order valence-corrected chi connectivity index (χ2v) is 13.5. The second-order valence-electron chi connectivity index (χ2n) is 13.5. The first-order valence-corrected chi connectivity index (χ1v) is 14.9. The van der Waals surface area contributed by atoms with E-state index in [1.165, 1.54) is 0 Å². The van der Waals surface area contributed by atoms with Gasteiger partial charge in [-0.05, 0) is 82.1 Å². The molecule has 228 valence electrons. The van der Waals surface area contributed by atoms with Crippen molar-refractivity contribution in [1.29, 1.82) is 0 Å². The first-order valence-electron chi connectivity index (χ1n) is 14.9. The van der Waals surface area contributed by atoms with E-state index in [1.807, 2.05) is 69.3 Å². The quantitative estimate of drug-likeness (QED) is 0.307. The molecule has 2 aromatic carbocycles. The number of anilines is 1. The number of fused-ring (bicyclic) bond motifs is 1. The van der Waals surface area contributed by atoms with Crippen LogP contribution >= 0.6 is 0 Å². The van der Waals surface area contributed by atoms with Gasteiger partial charge >= 0.3 is 12.2 Å². The molecule has 0 saturated heterocycles. The fraction of sp³-hybridized carbons (Fsp3) is 0.545. The van der Waals surface area contributed by atoms with Gasteiger partial charge in [-0.1, -0.05) is 57.2 Å². The molecule has 4 rings (SSSR count). The number of carbonyl (C=O) groups is 2. The van der Waals surface area contributed by atoms with E-state index >= 15 is 0 Å². The minimum Gasteiger partial charge on any atom is -0.445 e. The highest BCUT2D eigenvalue weighted by Gasteiger charge is 2.32. The molecule has 3 aromatic rings. The number of carbonyl (C=O) groups excluding carboxylic acids is 2. The first kappa shape index (κ1) is 31.2. The lowest BCUT2D eigenvalue weighted by molar-refractivity contribution is 0.0487. The fourth-order valence-electron chi connectivity index (χ4n) is 5.42. The van der Waals surface area contributed by atoms with Gasteiger partial charge in [0.25, 0.3) is 0 Å². The molecule has 1 saturated carbocycles. The van der Waals surface area contributed by atoms with Crippen molar-refractivity contribution in [2.24, 2.45) is 5.41 Å². The number of nitrogens with two attached hydrogens (primary N) is 1. The topological polar surface area (TPSA) is 112 Å². The molecule has 9 nitrogen and oxygen atoms in total. The Bertz CT molecular complexity index is 1360. The van der Waals surface area contributed by atoms with Crippen LogP contribution in [-0.4, -0.2) is 44.3 Å². The Hall–Kier alpha value is -3.75. The van der Waals surface area contributed by atoms with Crippen molar-refractivity contribution < 1.29 is 19.1 Å². The van der Waals surface area contributed by atoms with E-state index in [-0.39, 0.29) is 42.3 Å². The van der Waals surface area contributed by atoms with E-state index in [1.54, 1.807) is 4.90 Å². The third kappa shape index (κ3) is 7.95. The number of nitrogen functional groups attached to an aromatic ring is 1. The molecule has 1 aromatic heterocycles. The van der Waals surface area contributed by atoms with E-state index in [2.05, 4.69) is 37.6 Å². The number of hydrogen-bond acceptors (Lipinski definition) is 6. The van der Waals surface area contributed by atoms with Gasteiger partial charge in [0, 0.05) is 24.7 Å². The van der Waals surface area contributed by atoms with Crippen molar-refractivity contribution in [2.45, 2.75) is 111 Å². The van der Waals surface area contributed by atoms with Crippen LogP contribution in [0.5, 0.6) is 0 Å². The zero-order valence-electron chi connectivity index (χ0n) is 26.1. The number of amides is 2. The van der Waals surface area contributed by atoms with Crippen LogP contribution in [0.25, 0.3) is 11.0 Å². The van der Waals surface area contributed by atoms with Crippen molar-refractivity contribution in [2.75, 3.05) is 5.73 Å². The number of imidazole rings is 1. The van der Waals surface area contributed by atoms with Crippen molar-refractivity contribution in [3.63, 3.8) is 0 Å². The predicted octanol–water partition coefficient (Wildman–Crippen LogP) is 7.20. The van der Waals surface area contributed by atoms with E-state index in [4.69, 9.17) is 20.2 Å². The number of nitrogens with zero attached hydrogens (tertiary/aromatic N) is 3. The third-order valence-corrected chi connectivity index (χ3v) is 8.08. The molecular formula is C33H47N5O4. The van der Waals surface area contributed by atoms with Crippen molar-refractivity contribution in [1.82, 2.24) is 19.8 Å². The molecule has 1 aliphatic rings. The smallest absolute Gasteiger partial charge is 0.410 e. The van der Waals surface area contributed by atoms with Gasteiger partial charge in [-0.25, -0.2) is 14.6 Å². The van der Waals surface area contributed by atoms with E-state index in [9.17, 15) is 9.59 Å². The summed E-state index contributed by atoms with van der Waals surface area (Å²) < 4.78 is 13.3. The van der Waals surface area contributed by atoms with Crippen molar-refractivity contribution >= 4 is 29.2 Å². The summed E-state index contributed by atoms with van der Waals surface area (Å²) in [6.45, 7) is 14.6. The molecule has 1 atom stereocenters. The normalized spacial score (nSPS) is 18.4. The Morgan fingerprint density at radius 3 is 2.31 bits per heavy atom. The molecule has 1 fully saturated rings. The molecule has 0 aliphatic heterocycles. The van der Waals surface area contributed by atoms with Crippen LogP contribution in [0, 0.1) is 5.41 Å². The maximum absolute atomic E-state index is 13.3. The lowest BCUT2D eigenvalue weighted by Gasteiger charge is -2.37. The van der Waals surface area contributed by atoms with Crippen LogP contribution in [-0.2, 0) is 22.6 Å². The van der Waals surface area contributed by atoms with E-state index in [0.29, 0.717) is 12.5 Å². The number of aromatic nitrogens is 2. The molecule has 0 radical (unpaired) electrons. The van der Waals surface area contributed by atoms with Crippen molar-refractivity contribution in [3.05, 3.63) is 59.7 Å². The minimum absolute atomic E-state index is 0.0661. The van der Waals surface area contributed by atoms with Gasteiger partial charge in [0.1, 0.15) is 12.2 Å². The summed E-state index contributed by atoms with van der Waals surface area (Å²) in [5, 5.41) is 3.01. The Labute approximate surface area is 249 Å². The fourth-order valence-corrected chi connectivity index (χ4v) is 5.42. The number of rotatable bonds is 7. The summed E-state index contributed by atoms with van der Waals surface area (Å²) in [6, 6.07) is 16.0. The minimum atomic E-state index is -0.519. The zero-order chi connectivity index (χ0) is 30.7. The van der Waals surface area contributed by atoms with Gasteiger partial charge in [0.2, 0.25) is 5.95 Å². The largest absolute Gasteiger partial charge is 0.445 e. The van der Waals surface area contributed by atoms with E-state index < -0.39 is 5.60 Å². The summed E-state index contributed by atoms with van der Waals surface area (Å²) in [5.41, 5.74) is 9.48. The van der Waals surface area contributed by atoms with E-state index in [0.717, 1.165) is 47.8 Å². The van der Waals surface area contributed by atoms with Gasteiger partial charge in [0.15, 0.2) is 0 Å². The molecule has 1 aliphatic carbocycles. The molecule has 2 amide bonds. The van der Waals surface area contributed by atoms with Gasteiger partial charge in [-0.3, -0.25) is 0 Å². The summed E-state index contributed by atoms with van der Waals surface area (Å²) in [5.74, 6) is 0.480. The standard InChI is InChI=1S/C33H47N5O4/c1-22(32(2,3)4)37(31(40)41-21-23-11-9-8-10-12-23)20-24-13-18-28-27(19-24)36-29(34)38(28)26-16-14-25(15-17-26)35-30(39)42-33(5,6)7/h8-13,18-19,22,25-26H,14-17,20-21H2,1-7H3,(H2,34,36)(H,35,39)/t22-,25?,26?/m0/s1. The Morgan fingerprint density at radius 2 is 1.69 bits per heavy atom.